The SMILES string of the molecule is CC(=O)OC(C)c1nc(Cn2nc(-c3ccc(Cl)cc3)n(CC(O)C(F)(F)F)c2=O)nn1-c1cccc(Cl)c1. The zero-order chi connectivity index (χ0) is 28.5. The van der Waals surface area contributed by atoms with Crippen molar-refractivity contribution < 1.29 is 27.8 Å². The molecule has 0 aliphatic carbocycles. The monoisotopic (exact) mass is 584 g/mol. The van der Waals surface area contributed by atoms with E-state index in [4.69, 9.17) is 27.9 Å². The Morgan fingerprint density at radius 3 is 2.41 bits per heavy atom. The number of halogens is 5. The number of carbonyl (C=O) groups excluding carboxylic acids is 1. The number of esters is 1. The third-order valence-electron chi connectivity index (χ3n) is 5.48. The molecule has 0 amide bonds. The maximum absolute atomic E-state index is 13.2. The number of carbonyl (C=O) groups is 1. The van der Waals surface area contributed by atoms with Crippen LogP contribution >= 0.6 is 23.2 Å². The van der Waals surface area contributed by atoms with E-state index in [0.717, 1.165) is 9.25 Å². The molecule has 0 aliphatic heterocycles. The predicted octanol–water partition coefficient (Wildman–Crippen LogP) is 4.19. The van der Waals surface area contributed by atoms with Crippen LogP contribution in [0.25, 0.3) is 17.1 Å². The second-order valence-electron chi connectivity index (χ2n) is 8.47. The van der Waals surface area contributed by atoms with E-state index in [1.807, 2.05) is 0 Å². The van der Waals surface area contributed by atoms with Crippen molar-refractivity contribution in [3.8, 4) is 17.1 Å². The standard InChI is InChI=1S/C24H21Cl2F3N6O4/c1-13(39-14(2)36)21-30-20(31-35(21)18-5-3-4-17(26)10-18)12-34-23(38)33(11-19(37)24(27,28)29)22(32-34)15-6-8-16(25)9-7-15/h3-10,13,19,37H,11-12H2,1-2H3. The van der Waals surface area contributed by atoms with Crippen molar-refractivity contribution in [1.29, 1.82) is 0 Å². The molecule has 0 radical (unpaired) electrons. The lowest BCUT2D eigenvalue weighted by Crippen LogP contribution is -2.37. The van der Waals surface area contributed by atoms with E-state index in [-0.39, 0.29) is 24.0 Å². The highest BCUT2D eigenvalue weighted by atomic mass is 35.5. The van der Waals surface area contributed by atoms with Crippen molar-refractivity contribution in [2.24, 2.45) is 0 Å². The first-order valence-electron chi connectivity index (χ1n) is 11.4. The largest absolute Gasteiger partial charge is 0.455 e. The van der Waals surface area contributed by atoms with E-state index in [1.165, 1.54) is 35.9 Å². The quantitative estimate of drug-likeness (QED) is 0.308. The van der Waals surface area contributed by atoms with Crippen LogP contribution in [-0.2, 0) is 22.6 Å². The number of aromatic nitrogens is 6. The van der Waals surface area contributed by atoms with Gasteiger partial charge in [-0.1, -0.05) is 29.3 Å². The molecule has 0 bridgehead atoms. The van der Waals surface area contributed by atoms with Gasteiger partial charge in [-0.3, -0.25) is 9.36 Å². The highest BCUT2D eigenvalue weighted by molar-refractivity contribution is 6.31. The molecule has 2 aromatic carbocycles. The third kappa shape index (κ3) is 6.49. The Bertz CT molecular complexity index is 1550. The van der Waals surface area contributed by atoms with Crippen LogP contribution in [0, 0.1) is 0 Å². The average molecular weight is 585 g/mol. The summed E-state index contributed by atoms with van der Waals surface area (Å²) >= 11 is 12.0. The Balaban J connectivity index is 1.78. The fourth-order valence-corrected chi connectivity index (χ4v) is 4.04. The number of hydrogen-bond acceptors (Lipinski definition) is 7. The lowest BCUT2D eigenvalue weighted by atomic mass is 10.2. The minimum atomic E-state index is -4.96. The smallest absolute Gasteiger partial charge is 0.416 e. The van der Waals surface area contributed by atoms with E-state index in [1.54, 1.807) is 31.2 Å². The first-order valence-corrected chi connectivity index (χ1v) is 12.2. The molecule has 0 fully saturated rings. The molecule has 2 aromatic heterocycles. The first-order chi connectivity index (χ1) is 18.3. The predicted molar refractivity (Wildman–Crippen MR) is 135 cm³/mol. The van der Waals surface area contributed by atoms with Gasteiger partial charge in [0.15, 0.2) is 29.7 Å². The number of nitrogens with zero attached hydrogens (tertiary/aromatic N) is 6. The molecule has 0 spiro atoms. The van der Waals surface area contributed by atoms with Crippen LogP contribution in [0.3, 0.4) is 0 Å². The van der Waals surface area contributed by atoms with Crippen LogP contribution in [0.4, 0.5) is 13.2 Å². The zero-order valence-corrected chi connectivity index (χ0v) is 21.9. The van der Waals surface area contributed by atoms with Gasteiger partial charge >= 0.3 is 17.8 Å². The van der Waals surface area contributed by atoms with Gasteiger partial charge in [0.2, 0.25) is 0 Å². The summed E-state index contributed by atoms with van der Waals surface area (Å²) in [5.41, 5.74) is -0.147. The second kappa shape index (κ2) is 11.2. The molecular formula is C24H21Cl2F3N6O4. The Morgan fingerprint density at radius 2 is 1.79 bits per heavy atom. The molecule has 39 heavy (non-hydrogen) atoms. The van der Waals surface area contributed by atoms with Gasteiger partial charge < -0.3 is 9.84 Å². The number of ether oxygens (including phenoxy) is 1. The van der Waals surface area contributed by atoms with Crippen molar-refractivity contribution in [1.82, 2.24) is 29.1 Å². The normalized spacial score (nSPS) is 13.3. The molecule has 15 heteroatoms. The molecule has 206 valence electrons. The number of aliphatic hydroxyl groups excluding tert-OH is 1. The zero-order valence-electron chi connectivity index (χ0n) is 20.4. The Morgan fingerprint density at radius 1 is 1.10 bits per heavy atom. The highest BCUT2D eigenvalue weighted by Crippen LogP contribution is 2.25. The number of hydrogen-bond donors (Lipinski definition) is 1. The fourth-order valence-electron chi connectivity index (χ4n) is 3.73. The molecule has 10 nitrogen and oxygen atoms in total. The van der Waals surface area contributed by atoms with Gasteiger partial charge in [0.1, 0.15) is 6.54 Å². The first kappa shape index (κ1) is 28.3. The molecular weight excluding hydrogens is 564 g/mol. The van der Waals surface area contributed by atoms with Crippen molar-refractivity contribution in [3.63, 3.8) is 0 Å². The maximum Gasteiger partial charge on any atom is 0.416 e. The average Bonchev–Trinajstić information content (AvgIpc) is 3.41. The van der Waals surface area contributed by atoms with Gasteiger partial charge in [0, 0.05) is 22.5 Å². The van der Waals surface area contributed by atoms with Crippen molar-refractivity contribution >= 4 is 29.2 Å². The van der Waals surface area contributed by atoms with Gasteiger partial charge in [0.25, 0.3) is 0 Å². The molecule has 2 heterocycles. The van der Waals surface area contributed by atoms with Gasteiger partial charge in [-0.05, 0) is 49.4 Å². The van der Waals surface area contributed by atoms with Crippen LogP contribution < -0.4 is 5.69 Å². The third-order valence-corrected chi connectivity index (χ3v) is 5.97. The fraction of sp³-hybridized carbons (Fsp3) is 0.292. The van der Waals surface area contributed by atoms with Crippen molar-refractivity contribution in [2.45, 2.75) is 45.3 Å². The van der Waals surface area contributed by atoms with E-state index in [2.05, 4.69) is 15.2 Å². The summed E-state index contributed by atoms with van der Waals surface area (Å²) in [5, 5.41) is 19.1. The molecule has 4 aromatic rings. The molecule has 2 atom stereocenters. The minimum absolute atomic E-state index is 0.0507. The van der Waals surface area contributed by atoms with E-state index in [9.17, 15) is 27.9 Å². The number of aliphatic hydroxyl groups is 1. The molecule has 4 rings (SSSR count). The molecule has 0 saturated carbocycles. The van der Waals surface area contributed by atoms with Crippen LogP contribution in [0.5, 0.6) is 0 Å². The van der Waals surface area contributed by atoms with Crippen LogP contribution in [0.15, 0.2) is 53.3 Å². The summed E-state index contributed by atoms with van der Waals surface area (Å²) in [6, 6.07) is 12.6. The van der Waals surface area contributed by atoms with Gasteiger partial charge in [0.05, 0.1) is 12.2 Å². The summed E-state index contributed by atoms with van der Waals surface area (Å²) in [5.74, 6) is -0.423. The Kier molecular flexibility index (Phi) is 8.14. The lowest BCUT2D eigenvalue weighted by molar-refractivity contribution is -0.207. The van der Waals surface area contributed by atoms with Gasteiger partial charge in [-0.25, -0.2) is 19.1 Å². The van der Waals surface area contributed by atoms with Crippen LogP contribution in [0.2, 0.25) is 10.0 Å². The maximum atomic E-state index is 13.2. The Hall–Kier alpha value is -3.68. The molecule has 0 saturated heterocycles. The number of alkyl halides is 3. The molecule has 0 aliphatic rings. The minimum Gasteiger partial charge on any atom is -0.455 e. The van der Waals surface area contributed by atoms with Gasteiger partial charge in [-0.15, -0.1) is 10.2 Å². The summed E-state index contributed by atoms with van der Waals surface area (Å²) < 4.78 is 47.6. The second-order valence-corrected chi connectivity index (χ2v) is 9.34. The summed E-state index contributed by atoms with van der Waals surface area (Å²) in [6.07, 6.45) is -8.61. The highest BCUT2D eigenvalue weighted by Gasteiger charge is 2.39. The Labute approximate surface area is 229 Å². The molecule has 1 N–H and O–H groups in total. The summed E-state index contributed by atoms with van der Waals surface area (Å²) in [4.78, 5) is 29.2. The van der Waals surface area contributed by atoms with Gasteiger partial charge in [-0.2, -0.15) is 13.2 Å². The van der Waals surface area contributed by atoms with Crippen LogP contribution in [0.1, 0.15) is 31.6 Å². The van der Waals surface area contributed by atoms with E-state index < -0.39 is 36.6 Å². The summed E-state index contributed by atoms with van der Waals surface area (Å²) in [6.45, 7) is 1.38. The molecule has 2 unspecified atom stereocenters. The number of rotatable bonds is 8. The topological polar surface area (TPSA) is 117 Å². The van der Waals surface area contributed by atoms with Crippen molar-refractivity contribution in [3.05, 3.63) is 80.7 Å². The van der Waals surface area contributed by atoms with E-state index >= 15 is 0 Å². The lowest BCUT2D eigenvalue weighted by Gasteiger charge is -2.15. The summed E-state index contributed by atoms with van der Waals surface area (Å²) in [7, 11) is 0. The van der Waals surface area contributed by atoms with Crippen molar-refractivity contribution in [2.75, 3.05) is 0 Å². The van der Waals surface area contributed by atoms with Crippen LogP contribution in [-0.4, -0.2) is 52.5 Å². The number of benzene rings is 2. The van der Waals surface area contributed by atoms with E-state index in [0.29, 0.717) is 21.3 Å².